The maximum Gasteiger partial charge on any atom is 0.257 e. The summed E-state index contributed by atoms with van der Waals surface area (Å²) in [5.41, 5.74) is 1.89. The molecule has 0 bridgehead atoms. The van der Waals surface area contributed by atoms with Crippen LogP contribution in [0.1, 0.15) is 10.4 Å². The quantitative estimate of drug-likeness (QED) is 0.658. The number of benzene rings is 2. The van der Waals surface area contributed by atoms with Crippen molar-refractivity contribution in [1.29, 1.82) is 0 Å². The molecule has 0 unspecified atom stereocenters. The van der Waals surface area contributed by atoms with Gasteiger partial charge in [0.25, 0.3) is 5.91 Å². The predicted molar refractivity (Wildman–Crippen MR) is 98.4 cm³/mol. The van der Waals surface area contributed by atoms with E-state index in [9.17, 15) is 4.79 Å². The van der Waals surface area contributed by atoms with Crippen molar-refractivity contribution in [3.8, 4) is 0 Å². The lowest BCUT2D eigenvalue weighted by Gasteiger charge is -2.08. The molecule has 0 saturated carbocycles. The van der Waals surface area contributed by atoms with E-state index in [1.165, 1.54) is 6.20 Å². The monoisotopic (exact) mass is 357 g/mol. The van der Waals surface area contributed by atoms with Crippen LogP contribution < -0.4 is 10.6 Å². The minimum atomic E-state index is -0.285. The second-order valence-corrected chi connectivity index (χ2v) is 5.91. The van der Waals surface area contributed by atoms with Gasteiger partial charge in [-0.3, -0.25) is 4.79 Å². The summed E-state index contributed by atoms with van der Waals surface area (Å²) in [6.45, 7) is 0. The van der Waals surface area contributed by atoms with Crippen molar-refractivity contribution in [1.82, 2.24) is 4.98 Å². The molecule has 1 heterocycles. The van der Waals surface area contributed by atoms with Gasteiger partial charge in [0, 0.05) is 27.6 Å². The van der Waals surface area contributed by atoms with Gasteiger partial charge in [-0.2, -0.15) is 0 Å². The van der Waals surface area contributed by atoms with Gasteiger partial charge in [0.1, 0.15) is 5.82 Å². The molecule has 0 atom stereocenters. The average Bonchev–Trinajstić information content (AvgIpc) is 2.55. The summed E-state index contributed by atoms with van der Waals surface area (Å²) in [4.78, 5) is 16.5. The van der Waals surface area contributed by atoms with Gasteiger partial charge in [-0.15, -0.1) is 0 Å². The molecule has 0 aliphatic rings. The normalized spacial score (nSPS) is 10.2. The zero-order valence-electron chi connectivity index (χ0n) is 12.5. The van der Waals surface area contributed by atoms with Crippen molar-refractivity contribution in [2.75, 3.05) is 10.6 Å². The lowest BCUT2D eigenvalue weighted by atomic mass is 10.2. The molecular weight excluding hydrogens is 345 g/mol. The number of pyridine rings is 1. The highest BCUT2D eigenvalue weighted by molar-refractivity contribution is 6.35. The first-order chi connectivity index (χ1) is 11.6. The van der Waals surface area contributed by atoms with E-state index in [0.29, 0.717) is 27.1 Å². The fraction of sp³-hybridized carbons (Fsp3) is 0. The number of hydrogen-bond donors (Lipinski definition) is 2. The van der Waals surface area contributed by atoms with Crippen molar-refractivity contribution in [2.24, 2.45) is 0 Å². The zero-order chi connectivity index (χ0) is 16.9. The summed E-state index contributed by atoms with van der Waals surface area (Å²) in [7, 11) is 0. The van der Waals surface area contributed by atoms with E-state index in [1.807, 2.05) is 30.3 Å². The second-order valence-electron chi connectivity index (χ2n) is 5.04. The summed E-state index contributed by atoms with van der Waals surface area (Å²) in [5, 5.41) is 6.81. The van der Waals surface area contributed by atoms with E-state index in [4.69, 9.17) is 23.2 Å². The number of rotatable bonds is 4. The molecule has 1 aromatic heterocycles. The maximum atomic E-state index is 12.2. The van der Waals surface area contributed by atoms with Gasteiger partial charge in [-0.05, 0) is 42.5 Å². The van der Waals surface area contributed by atoms with Gasteiger partial charge in [0.2, 0.25) is 0 Å². The third-order valence-electron chi connectivity index (χ3n) is 3.19. The molecule has 3 rings (SSSR count). The first-order valence-corrected chi connectivity index (χ1v) is 7.91. The van der Waals surface area contributed by atoms with Gasteiger partial charge in [-0.1, -0.05) is 41.4 Å². The number of halogens is 2. The predicted octanol–water partition coefficient (Wildman–Crippen LogP) is 5.38. The van der Waals surface area contributed by atoms with Crippen LogP contribution in [0.4, 0.5) is 17.2 Å². The lowest BCUT2D eigenvalue weighted by molar-refractivity contribution is 0.102. The number of nitrogens with one attached hydrogen (secondary N) is 2. The molecule has 2 N–H and O–H groups in total. The highest BCUT2D eigenvalue weighted by atomic mass is 35.5. The molecule has 2 aromatic carbocycles. The van der Waals surface area contributed by atoms with E-state index in [-0.39, 0.29) is 5.91 Å². The molecule has 1 amide bonds. The Hall–Kier alpha value is -2.56. The van der Waals surface area contributed by atoms with E-state index < -0.39 is 0 Å². The smallest absolute Gasteiger partial charge is 0.257 e. The number of amides is 1. The lowest BCUT2D eigenvalue weighted by Crippen LogP contribution is -2.12. The van der Waals surface area contributed by atoms with Crippen LogP contribution in [0.5, 0.6) is 0 Å². The third-order valence-corrected chi connectivity index (χ3v) is 3.63. The van der Waals surface area contributed by atoms with Gasteiger partial charge >= 0.3 is 0 Å². The number of nitrogens with zero attached hydrogens (tertiary/aromatic N) is 1. The number of para-hydroxylation sites is 1. The first-order valence-electron chi connectivity index (χ1n) is 7.16. The second kappa shape index (κ2) is 7.34. The Morgan fingerprint density at radius 1 is 0.875 bits per heavy atom. The van der Waals surface area contributed by atoms with Crippen LogP contribution in [0.25, 0.3) is 0 Å². The van der Waals surface area contributed by atoms with Crippen LogP contribution in [-0.4, -0.2) is 10.9 Å². The fourth-order valence-corrected chi connectivity index (χ4v) is 2.63. The average molecular weight is 358 g/mol. The molecule has 4 nitrogen and oxygen atoms in total. The summed E-state index contributed by atoms with van der Waals surface area (Å²) in [6, 6.07) is 18.0. The van der Waals surface area contributed by atoms with Crippen molar-refractivity contribution in [2.45, 2.75) is 0 Å². The van der Waals surface area contributed by atoms with E-state index in [1.54, 1.807) is 30.3 Å². The van der Waals surface area contributed by atoms with Crippen LogP contribution in [0.2, 0.25) is 10.0 Å². The van der Waals surface area contributed by atoms with Crippen LogP contribution in [0, 0.1) is 0 Å². The summed E-state index contributed by atoms with van der Waals surface area (Å²) in [6.07, 6.45) is 1.51. The Morgan fingerprint density at radius 3 is 2.21 bits per heavy atom. The SMILES string of the molecule is O=C(Nc1cc(Cl)cc(Cl)c1)c1ccc(Nc2ccccc2)nc1. The molecular formula is C18H13Cl2N3O. The summed E-state index contributed by atoms with van der Waals surface area (Å²) >= 11 is 11.8. The number of hydrogen-bond acceptors (Lipinski definition) is 3. The number of anilines is 3. The van der Waals surface area contributed by atoms with Crippen LogP contribution in [0.3, 0.4) is 0 Å². The third kappa shape index (κ3) is 4.25. The summed E-state index contributed by atoms with van der Waals surface area (Å²) in [5.74, 6) is 0.371. The van der Waals surface area contributed by atoms with Crippen molar-refractivity contribution in [3.63, 3.8) is 0 Å². The largest absolute Gasteiger partial charge is 0.340 e. The Bertz CT molecular complexity index is 832. The Balaban J connectivity index is 1.69. The van der Waals surface area contributed by atoms with E-state index >= 15 is 0 Å². The fourth-order valence-electron chi connectivity index (χ4n) is 2.10. The topological polar surface area (TPSA) is 54.0 Å². The van der Waals surface area contributed by atoms with Crippen LogP contribution in [0.15, 0.2) is 66.9 Å². The van der Waals surface area contributed by atoms with Gasteiger partial charge < -0.3 is 10.6 Å². The van der Waals surface area contributed by atoms with Crippen LogP contribution >= 0.6 is 23.2 Å². The van der Waals surface area contributed by atoms with E-state index in [2.05, 4.69) is 15.6 Å². The van der Waals surface area contributed by atoms with Crippen molar-refractivity contribution < 1.29 is 4.79 Å². The molecule has 24 heavy (non-hydrogen) atoms. The van der Waals surface area contributed by atoms with E-state index in [0.717, 1.165) is 5.69 Å². The molecule has 0 spiro atoms. The maximum absolute atomic E-state index is 12.2. The molecule has 0 fully saturated rings. The number of aromatic nitrogens is 1. The molecule has 3 aromatic rings. The zero-order valence-corrected chi connectivity index (χ0v) is 14.0. The number of carbonyl (C=O) groups is 1. The first kappa shape index (κ1) is 16.3. The Kier molecular flexibility index (Phi) is 4.99. The molecule has 6 heteroatoms. The highest BCUT2D eigenvalue weighted by Gasteiger charge is 2.08. The van der Waals surface area contributed by atoms with Crippen molar-refractivity contribution >= 4 is 46.3 Å². The standard InChI is InChI=1S/C18H13Cl2N3O/c19-13-8-14(20)10-16(9-13)23-18(24)12-6-7-17(21-11-12)22-15-4-2-1-3-5-15/h1-11H,(H,21,22)(H,23,24). The Morgan fingerprint density at radius 2 is 1.58 bits per heavy atom. The molecule has 120 valence electrons. The summed E-state index contributed by atoms with van der Waals surface area (Å²) < 4.78 is 0. The number of carbonyl (C=O) groups excluding carboxylic acids is 1. The Labute approximate surface area is 149 Å². The van der Waals surface area contributed by atoms with Gasteiger partial charge in [0.05, 0.1) is 5.56 Å². The van der Waals surface area contributed by atoms with Crippen molar-refractivity contribution in [3.05, 3.63) is 82.5 Å². The minimum absolute atomic E-state index is 0.285. The minimum Gasteiger partial charge on any atom is -0.340 e. The molecule has 0 saturated heterocycles. The van der Waals surface area contributed by atoms with Gasteiger partial charge in [-0.25, -0.2) is 4.98 Å². The van der Waals surface area contributed by atoms with Gasteiger partial charge in [0.15, 0.2) is 0 Å². The molecule has 0 radical (unpaired) electrons. The van der Waals surface area contributed by atoms with Crippen LogP contribution in [-0.2, 0) is 0 Å². The molecule has 0 aliphatic carbocycles. The molecule has 0 aliphatic heterocycles. The highest BCUT2D eigenvalue weighted by Crippen LogP contribution is 2.23.